The maximum absolute atomic E-state index is 8.71. The van der Waals surface area contributed by atoms with E-state index in [0.29, 0.717) is 0 Å². The molecule has 1 N–H and O–H groups in total. The highest BCUT2D eigenvalue weighted by atomic mass is 32.1. The lowest BCUT2D eigenvalue weighted by Crippen LogP contribution is -2.22. The zero-order valence-corrected chi connectivity index (χ0v) is 10.1. The summed E-state index contributed by atoms with van der Waals surface area (Å²) in [4.78, 5) is 2.06. The van der Waals surface area contributed by atoms with E-state index >= 15 is 0 Å². The van der Waals surface area contributed by atoms with Gasteiger partial charge in [-0.2, -0.15) is 5.26 Å². The van der Waals surface area contributed by atoms with Gasteiger partial charge in [0.25, 0.3) is 0 Å². The predicted octanol–water partition coefficient (Wildman–Crippen LogP) is 3.07. The first-order valence-corrected chi connectivity index (χ1v) is 6.54. The Morgan fingerprint density at radius 1 is 1.44 bits per heavy atom. The van der Waals surface area contributed by atoms with Gasteiger partial charge in [0.1, 0.15) is 10.9 Å². The minimum absolute atomic E-state index is 0.792. The van der Waals surface area contributed by atoms with Gasteiger partial charge in [-0.3, -0.25) is 0 Å². The van der Waals surface area contributed by atoms with Gasteiger partial charge in [0.15, 0.2) is 0 Å². The molecule has 1 aliphatic carbocycles. The highest BCUT2D eigenvalue weighted by Crippen LogP contribution is 2.18. The second-order valence-corrected chi connectivity index (χ2v) is 5.33. The quantitative estimate of drug-likeness (QED) is 0.810. The Kier molecular flexibility index (Phi) is 4.15. The summed E-state index contributed by atoms with van der Waals surface area (Å²) in [5.74, 6) is 0.792. The van der Waals surface area contributed by atoms with Crippen molar-refractivity contribution in [1.82, 2.24) is 5.32 Å². The first-order valence-electron chi connectivity index (χ1n) is 5.73. The summed E-state index contributed by atoms with van der Waals surface area (Å²) in [6, 6.07) is 6.10. The molecule has 0 saturated heterocycles. The monoisotopic (exact) mass is 232 g/mol. The molecule has 0 spiro atoms. The fraction of sp³-hybridized carbons (Fsp3) is 0.462. The van der Waals surface area contributed by atoms with Crippen LogP contribution in [0.15, 0.2) is 24.3 Å². The average molecular weight is 232 g/mol. The Hall–Kier alpha value is -1.11. The van der Waals surface area contributed by atoms with Crippen molar-refractivity contribution in [3.63, 3.8) is 0 Å². The molecule has 2 nitrogen and oxygen atoms in total. The number of hydrogen-bond acceptors (Lipinski definition) is 3. The number of nitrogens with one attached hydrogen (secondary N) is 1. The van der Waals surface area contributed by atoms with Crippen molar-refractivity contribution in [3.8, 4) is 6.07 Å². The number of rotatable bonds is 4. The Morgan fingerprint density at radius 2 is 2.38 bits per heavy atom. The maximum atomic E-state index is 8.71. The molecular weight excluding hydrogens is 216 g/mol. The summed E-state index contributed by atoms with van der Waals surface area (Å²) >= 11 is 1.58. The maximum Gasteiger partial charge on any atom is 0.110 e. The van der Waals surface area contributed by atoms with Crippen molar-refractivity contribution in [2.24, 2.45) is 5.92 Å². The normalized spacial score (nSPS) is 19.6. The third kappa shape index (κ3) is 3.19. The molecule has 2 rings (SSSR count). The van der Waals surface area contributed by atoms with Gasteiger partial charge >= 0.3 is 0 Å². The summed E-state index contributed by atoms with van der Waals surface area (Å²) in [7, 11) is 0. The molecule has 0 aliphatic heterocycles. The van der Waals surface area contributed by atoms with Gasteiger partial charge in [-0.05, 0) is 43.9 Å². The highest BCUT2D eigenvalue weighted by Gasteiger charge is 2.09. The van der Waals surface area contributed by atoms with E-state index < -0.39 is 0 Å². The Balaban J connectivity index is 1.71. The van der Waals surface area contributed by atoms with Gasteiger partial charge in [0.2, 0.25) is 0 Å². The van der Waals surface area contributed by atoms with Crippen LogP contribution in [-0.4, -0.2) is 6.54 Å². The smallest absolute Gasteiger partial charge is 0.110 e. The summed E-state index contributed by atoms with van der Waals surface area (Å²) < 4.78 is 0. The number of hydrogen-bond donors (Lipinski definition) is 1. The lowest BCUT2D eigenvalue weighted by atomic mass is 9.94. The van der Waals surface area contributed by atoms with E-state index in [1.807, 2.05) is 12.1 Å². The minimum atomic E-state index is 0.792. The van der Waals surface area contributed by atoms with Crippen LogP contribution in [0.1, 0.15) is 29.0 Å². The van der Waals surface area contributed by atoms with Gasteiger partial charge in [0.05, 0.1) is 0 Å². The molecule has 1 aliphatic rings. The molecule has 1 heterocycles. The van der Waals surface area contributed by atoms with Crippen LogP contribution in [-0.2, 0) is 6.54 Å². The number of thiophene rings is 1. The predicted molar refractivity (Wildman–Crippen MR) is 67.2 cm³/mol. The molecule has 0 radical (unpaired) electrons. The summed E-state index contributed by atoms with van der Waals surface area (Å²) in [6.45, 7) is 1.98. The first-order chi connectivity index (χ1) is 7.88. The molecule has 0 bridgehead atoms. The van der Waals surface area contributed by atoms with Crippen LogP contribution in [0.4, 0.5) is 0 Å². The third-order valence-corrected chi connectivity index (χ3v) is 3.87. The van der Waals surface area contributed by atoms with Crippen LogP contribution in [0.3, 0.4) is 0 Å². The molecule has 0 fully saturated rings. The van der Waals surface area contributed by atoms with E-state index in [9.17, 15) is 0 Å². The topological polar surface area (TPSA) is 35.8 Å². The van der Waals surface area contributed by atoms with Gasteiger partial charge in [-0.15, -0.1) is 11.3 Å². The molecule has 84 valence electrons. The molecule has 16 heavy (non-hydrogen) atoms. The summed E-state index contributed by atoms with van der Waals surface area (Å²) in [5.41, 5.74) is 0. The molecule has 1 aromatic heterocycles. The molecule has 1 atom stereocenters. The largest absolute Gasteiger partial charge is 0.312 e. The van der Waals surface area contributed by atoms with Crippen LogP contribution >= 0.6 is 11.3 Å². The number of allylic oxidation sites excluding steroid dienone is 2. The third-order valence-electron chi connectivity index (χ3n) is 2.88. The van der Waals surface area contributed by atoms with Crippen molar-refractivity contribution < 1.29 is 0 Å². The molecular formula is C13H16N2S. The number of nitriles is 1. The van der Waals surface area contributed by atoms with Crippen molar-refractivity contribution in [2.45, 2.75) is 25.8 Å². The van der Waals surface area contributed by atoms with E-state index in [0.717, 1.165) is 23.9 Å². The highest BCUT2D eigenvalue weighted by molar-refractivity contribution is 7.12. The van der Waals surface area contributed by atoms with Gasteiger partial charge in [0, 0.05) is 11.4 Å². The van der Waals surface area contributed by atoms with Crippen LogP contribution in [0.25, 0.3) is 0 Å². The molecule has 3 heteroatoms. The number of nitrogens with zero attached hydrogens (tertiary/aromatic N) is 1. The first kappa shape index (κ1) is 11.4. The average Bonchev–Trinajstić information content (AvgIpc) is 2.78. The van der Waals surface area contributed by atoms with E-state index in [1.54, 1.807) is 11.3 Å². The zero-order valence-electron chi connectivity index (χ0n) is 9.28. The van der Waals surface area contributed by atoms with Crippen molar-refractivity contribution in [1.29, 1.82) is 5.26 Å². The van der Waals surface area contributed by atoms with Gasteiger partial charge in [-0.25, -0.2) is 0 Å². The van der Waals surface area contributed by atoms with Crippen molar-refractivity contribution >= 4 is 11.3 Å². The zero-order chi connectivity index (χ0) is 11.2. The molecule has 0 saturated carbocycles. The Morgan fingerprint density at radius 3 is 3.06 bits per heavy atom. The second kappa shape index (κ2) is 5.83. The van der Waals surface area contributed by atoms with Crippen molar-refractivity contribution in [3.05, 3.63) is 34.0 Å². The van der Waals surface area contributed by atoms with Crippen LogP contribution < -0.4 is 5.32 Å². The van der Waals surface area contributed by atoms with Gasteiger partial charge in [-0.1, -0.05) is 12.2 Å². The van der Waals surface area contributed by atoms with E-state index in [-0.39, 0.29) is 0 Å². The van der Waals surface area contributed by atoms with Crippen LogP contribution in [0.5, 0.6) is 0 Å². The van der Waals surface area contributed by atoms with E-state index in [4.69, 9.17) is 5.26 Å². The fourth-order valence-corrected chi connectivity index (χ4v) is 2.75. The Labute approximate surface area is 101 Å². The van der Waals surface area contributed by atoms with Crippen molar-refractivity contribution in [2.75, 3.05) is 6.54 Å². The summed E-state index contributed by atoms with van der Waals surface area (Å²) in [6.07, 6.45) is 8.30. The van der Waals surface area contributed by atoms with E-state index in [2.05, 4.69) is 23.5 Å². The minimum Gasteiger partial charge on any atom is -0.312 e. The molecule has 0 amide bonds. The van der Waals surface area contributed by atoms with Crippen LogP contribution in [0, 0.1) is 17.2 Å². The second-order valence-electron chi connectivity index (χ2n) is 4.16. The summed E-state index contributed by atoms with van der Waals surface area (Å²) in [5, 5.41) is 12.2. The standard InChI is InChI=1S/C13H16N2S/c14-8-12-6-7-13(16-12)10-15-9-11-4-2-1-3-5-11/h1-2,6-7,11,15H,3-5,9-10H2. The van der Waals surface area contributed by atoms with E-state index in [1.165, 1.54) is 24.1 Å². The Bertz CT molecular complexity index is 400. The molecule has 0 aromatic carbocycles. The lowest BCUT2D eigenvalue weighted by molar-refractivity contribution is 0.441. The SMILES string of the molecule is N#Cc1ccc(CNCC2CC=CCC2)s1. The fourth-order valence-electron chi connectivity index (χ4n) is 1.97. The molecule has 1 aromatic rings. The lowest BCUT2D eigenvalue weighted by Gasteiger charge is -2.17. The molecule has 1 unspecified atom stereocenters. The van der Waals surface area contributed by atoms with Gasteiger partial charge < -0.3 is 5.32 Å². The van der Waals surface area contributed by atoms with Crippen LogP contribution in [0.2, 0.25) is 0 Å².